The summed E-state index contributed by atoms with van der Waals surface area (Å²) in [4.78, 5) is 11.6. The van der Waals surface area contributed by atoms with Crippen LogP contribution >= 0.6 is 12.4 Å². The second-order valence-corrected chi connectivity index (χ2v) is 6.93. The molecule has 3 N–H and O–H groups in total. The fourth-order valence-corrected chi connectivity index (χ4v) is 3.75. The Bertz CT molecular complexity index is 604. The first-order valence-corrected chi connectivity index (χ1v) is 8.50. The molecule has 0 bridgehead atoms. The normalized spacial score (nSPS) is 21.7. The van der Waals surface area contributed by atoms with E-state index in [1.54, 1.807) is 0 Å². The van der Waals surface area contributed by atoms with Gasteiger partial charge in [-0.2, -0.15) is 0 Å². The van der Waals surface area contributed by atoms with Gasteiger partial charge < -0.3 is 10.6 Å². The first-order valence-electron chi connectivity index (χ1n) is 7.02. The van der Waals surface area contributed by atoms with E-state index in [4.69, 9.17) is 0 Å². The third kappa shape index (κ3) is 4.42. The largest absolute Gasteiger partial charge is 0.355 e. The third-order valence-corrected chi connectivity index (χ3v) is 5.23. The molecular formula is C14H22ClN3O3S. The third-order valence-electron chi connectivity index (χ3n) is 3.72. The smallest absolute Gasteiger partial charge is 0.251 e. The zero-order chi connectivity index (χ0) is 15.5. The Balaban J connectivity index is 0.00000242. The predicted molar refractivity (Wildman–Crippen MR) is 87.9 cm³/mol. The van der Waals surface area contributed by atoms with Gasteiger partial charge in [-0.05, 0) is 50.6 Å². The summed E-state index contributed by atoms with van der Waals surface area (Å²) in [6, 6.07) is 5.93. The highest BCUT2D eigenvalue weighted by molar-refractivity contribution is 7.89. The van der Waals surface area contributed by atoms with E-state index in [9.17, 15) is 13.2 Å². The van der Waals surface area contributed by atoms with E-state index < -0.39 is 10.0 Å². The van der Waals surface area contributed by atoms with E-state index in [1.807, 2.05) is 6.92 Å². The van der Waals surface area contributed by atoms with Crippen molar-refractivity contribution in [2.45, 2.75) is 36.7 Å². The van der Waals surface area contributed by atoms with Gasteiger partial charge >= 0.3 is 0 Å². The minimum atomic E-state index is -3.56. The number of hydrogen-bond acceptors (Lipinski definition) is 4. The van der Waals surface area contributed by atoms with Crippen LogP contribution in [0, 0.1) is 0 Å². The molecule has 1 aliphatic heterocycles. The van der Waals surface area contributed by atoms with E-state index >= 15 is 0 Å². The van der Waals surface area contributed by atoms with Gasteiger partial charge in [0.2, 0.25) is 10.0 Å². The number of carbonyl (C=O) groups is 1. The summed E-state index contributed by atoms with van der Waals surface area (Å²) in [7, 11) is -2.03. The quantitative estimate of drug-likeness (QED) is 0.754. The molecule has 8 heteroatoms. The van der Waals surface area contributed by atoms with Gasteiger partial charge in [-0.1, -0.05) is 0 Å². The van der Waals surface area contributed by atoms with E-state index in [0.29, 0.717) is 5.56 Å². The van der Waals surface area contributed by atoms with Crippen LogP contribution in [-0.2, 0) is 10.0 Å². The maximum absolute atomic E-state index is 12.4. The summed E-state index contributed by atoms with van der Waals surface area (Å²) in [6.45, 7) is 2.89. The van der Waals surface area contributed by atoms with Crippen LogP contribution in [0.4, 0.5) is 0 Å². The summed E-state index contributed by atoms with van der Waals surface area (Å²) >= 11 is 0. The Morgan fingerprint density at radius 3 is 2.45 bits per heavy atom. The van der Waals surface area contributed by atoms with Crippen LogP contribution in [0.3, 0.4) is 0 Å². The molecule has 1 amide bonds. The highest BCUT2D eigenvalue weighted by Gasteiger charge is 2.26. The van der Waals surface area contributed by atoms with E-state index in [1.165, 1.54) is 31.3 Å². The van der Waals surface area contributed by atoms with Gasteiger partial charge in [0, 0.05) is 24.7 Å². The molecule has 0 aliphatic carbocycles. The molecule has 1 heterocycles. The van der Waals surface area contributed by atoms with Crippen LogP contribution in [0.25, 0.3) is 0 Å². The zero-order valence-electron chi connectivity index (χ0n) is 12.6. The molecule has 2 atom stereocenters. The zero-order valence-corrected chi connectivity index (χ0v) is 14.3. The summed E-state index contributed by atoms with van der Waals surface area (Å²) in [5.74, 6) is -0.239. The Morgan fingerprint density at radius 2 is 1.91 bits per heavy atom. The molecule has 124 valence electrons. The Labute approximate surface area is 137 Å². The van der Waals surface area contributed by atoms with Gasteiger partial charge in [-0.3, -0.25) is 4.79 Å². The summed E-state index contributed by atoms with van der Waals surface area (Å²) in [6.07, 6.45) is 1.77. The molecule has 1 aromatic carbocycles. The second-order valence-electron chi connectivity index (χ2n) is 5.22. The number of sulfonamides is 1. The SMILES string of the molecule is CNC(=O)c1ccc(S(=O)(=O)NC2CCCNC2C)cc1.Cl. The van der Waals surface area contributed by atoms with Crippen molar-refractivity contribution in [2.75, 3.05) is 13.6 Å². The van der Waals surface area contributed by atoms with Crippen molar-refractivity contribution in [3.8, 4) is 0 Å². The number of halogens is 1. The van der Waals surface area contributed by atoms with Crippen molar-refractivity contribution in [2.24, 2.45) is 0 Å². The average molecular weight is 348 g/mol. The highest BCUT2D eigenvalue weighted by Crippen LogP contribution is 2.15. The number of benzene rings is 1. The molecule has 0 spiro atoms. The lowest BCUT2D eigenvalue weighted by Gasteiger charge is -2.30. The van der Waals surface area contributed by atoms with Crippen molar-refractivity contribution >= 4 is 28.3 Å². The van der Waals surface area contributed by atoms with Crippen LogP contribution in [0.15, 0.2) is 29.2 Å². The molecule has 2 rings (SSSR count). The lowest BCUT2D eigenvalue weighted by molar-refractivity contribution is 0.0963. The van der Waals surface area contributed by atoms with E-state index in [-0.39, 0.29) is 35.3 Å². The van der Waals surface area contributed by atoms with Crippen LogP contribution in [0.5, 0.6) is 0 Å². The molecule has 0 aromatic heterocycles. The number of nitrogens with one attached hydrogen (secondary N) is 3. The molecule has 1 aromatic rings. The van der Waals surface area contributed by atoms with Crippen molar-refractivity contribution in [1.82, 2.24) is 15.4 Å². The van der Waals surface area contributed by atoms with Gasteiger partial charge in [0.15, 0.2) is 0 Å². The van der Waals surface area contributed by atoms with E-state index in [0.717, 1.165) is 19.4 Å². The molecule has 0 saturated carbocycles. The van der Waals surface area contributed by atoms with Crippen LogP contribution in [0.1, 0.15) is 30.1 Å². The molecule has 22 heavy (non-hydrogen) atoms. The Morgan fingerprint density at radius 1 is 1.27 bits per heavy atom. The maximum Gasteiger partial charge on any atom is 0.251 e. The van der Waals surface area contributed by atoms with Crippen LogP contribution in [0.2, 0.25) is 0 Å². The number of hydrogen-bond donors (Lipinski definition) is 3. The minimum absolute atomic E-state index is 0. The fraction of sp³-hybridized carbons (Fsp3) is 0.500. The molecule has 1 aliphatic rings. The molecule has 0 radical (unpaired) electrons. The van der Waals surface area contributed by atoms with Crippen molar-refractivity contribution < 1.29 is 13.2 Å². The summed E-state index contributed by atoms with van der Waals surface area (Å²) < 4.78 is 27.4. The van der Waals surface area contributed by atoms with Crippen molar-refractivity contribution in [3.05, 3.63) is 29.8 Å². The van der Waals surface area contributed by atoms with Crippen molar-refractivity contribution in [3.63, 3.8) is 0 Å². The van der Waals surface area contributed by atoms with Gasteiger partial charge in [-0.15, -0.1) is 12.4 Å². The molecular weight excluding hydrogens is 326 g/mol. The number of carbonyl (C=O) groups excluding carboxylic acids is 1. The first kappa shape index (κ1) is 18.9. The van der Waals surface area contributed by atoms with E-state index in [2.05, 4.69) is 15.4 Å². The summed E-state index contributed by atoms with van der Waals surface area (Å²) in [5.41, 5.74) is 0.434. The fourth-order valence-electron chi connectivity index (χ4n) is 2.40. The van der Waals surface area contributed by atoms with Gasteiger partial charge in [0.05, 0.1) is 4.90 Å². The maximum atomic E-state index is 12.4. The monoisotopic (exact) mass is 347 g/mol. The van der Waals surface area contributed by atoms with Gasteiger partial charge in [0.25, 0.3) is 5.91 Å². The standard InChI is InChI=1S/C14H21N3O3S.ClH/c1-10-13(4-3-9-16-10)17-21(19,20)12-7-5-11(6-8-12)14(18)15-2;/h5-8,10,13,16-17H,3-4,9H2,1-2H3,(H,15,18);1H. The second kappa shape index (κ2) is 7.92. The van der Waals surface area contributed by atoms with Crippen LogP contribution in [-0.4, -0.2) is 40.0 Å². The molecule has 2 unspecified atom stereocenters. The summed E-state index contributed by atoms with van der Waals surface area (Å²) in [5, 5.41) is 5.76. The number of rotatable bonds is 4. The number of piperidine rings is 1. The lowest BCUT2D eigenvalue weighted by Crippen LogP contribution is -2.51. The first-order chi connectivity index (χ1) is 9.94. The highest BCUT2D eigenvalue weighted by atomic mass is 35.5. The van der Waals surface area contributed by atoms with Gasteiger partial charge in [-0.25, -0.2) is 13.1 Å². The number of amides is 1. The molecule has 6 nitrogen and oxygen atoms in total. The minimum Gasteiger partial charge on any atom is -0.355 e. The van der Waals surface area contributed by atoms with Crippen LogP contribution < -0.4 is 15.4 Å². The van der Waals surface area contributed by atoms with Gasteiger partial charge in [0.1, 0.15) is 0 Å². The molecule has 1 fully saturated rings. The molecule has 1 saturated heterocycles. The predicted octanol–water partition coefficient (Wildman–Crippen LogP) is 0.887. The average Bonchev–Trinajstić information content (AvgIpc) is 2.49. The lowest BCUT2D eigenvalue weighted by atomic mass is 10.0. The van der Waals surface area contributed by atoms with Crippen molar-refractivity contribution in [1.29, 1.82) is 0 Å². The Kier molecular flexibility index (Phi) is 6.80. The topological polar surface area (TPSA) is 87.3 Å². The Hall–Kier alpha value is -1.15.